The Balaban J connectivity index is 0.991. The third kappa shape index (κ3) is 5.94. The molecule has 3 fully saturated rings. The highest BCUT2D eigenvalue weighted by molar-refractivity contribution is 5.85. The normalized spacial score (nSPS) is 33.4. The van der Waals surface area contributed by atoms with Gasteiger partial charge in [0, 0.05) is 43.8 Å². The first-order chi connectivity index (χ1) is 19.0. The molecule has 212 valence electrons. The molecule has 39 heavy (non-hydrogen) atoms. The lowest BCUT2D eigenvalue weighted by Crippen LogP contribution is -2.58. The molecule has 5 N–H and O–H groups in total. The number of ether oxygens (including phenoxy) is 2. The minimum absolute atomic E-state index is 0.134. The Morgan fingerprint density at radius 2 is 1.97 bits per heavy atom. The zero-order valence-electron chi connectivity index (χ0n) is 22.7. The largest absolute Gasteiger partial charge is 0.496 e. The number of nitrogens with zero attached hydrogens (tertiary/aromatic N) is 4. The van der Waals surface area contributed by atoms with Gasteiger partial charge < -0.3 is 25.8 Å². The van der Waals surface area contributed by atoms with Crippen LogP contribution in [0.4, 0.5) is 0 Å². The number of nitriles is 1. The molecule has 3 aliphatic heterocycles. The summed E-state index contributed by atoms with van der Waals surface area (Å²) < 4.78 is 11.3. The van der Waals surface area contributed by atoms with E-state index in [0.29, 0.717) is 30.9 Å². The molecular weight excluding hydrogens is 496 g/mol. The third-order valence-corrected chi connectivity index (χ3v) is 9.44. The number of amides is 1. The predicted molar refractivity (Wildman–Crippen MR) is 146 cm³/mol. The summed E-state index contributed by atoms with van der Waals surface area (Å²) in [6.45, 7) is 7.32. The molecular formula is C28H42N8O3. The molecule has 0 aromatic carbocycles. The van der Waals surface area contributed by atoms with Crippen molar-refractivity contribution in [3.8, 4) is 6.07 Å². The number of amidine groups is 1. The highest BCUT2D eigenvalue weighted by atomic mass is 16.5. The second-order valence-electron chi connectivity index (χ2n) is 11.9. The Morgan fingerprint density at radius 1 is 1.21 bits per heavy atom. The van der Waals surface area contributed by atoms with E-state index < -0.39 is 5.41 Å². The quantitative estimate of drug-likeness (QED) is 0.332. The molecule has 0 unspecified atom stereocenters. The number of primary amides is 1. The van der Waals surface area contributed by atoms with Gasteiger partial charge in [0.15, 0.2) is 6.29 Å². The number of nitrogens with two attached hydrogens (primary N) is 1. The van der Waals surface area contributed by atoms with Crippen LogP contribution in [0.5, 0.6) is 0 Å². The van der Waals surface area contributed by atoms with Gasteiger partial charge in [-0.25, -0.2) is 4.99 Å². The van der Waals surface area contributed by atoms with Crippen LogP contribution in [0.15, 0.2) is 28.6 Å². The van der Waals surface area contributed by atoms with Gasteiger partial charge >= 0.3 is 0 Å². The van der Waals surface area contributed by atoms with E-state index >= 15 is 0 Å². The van der Waals surface area contributed by atoms with Crippen LogP contribution in [0.2, 0.25) is 0 Å². The zero-order valence-corrected chi connectivity index (χ0v) is 22.7. The van der Waals surface area contributed by atoms with Crippen LogP contribution in [0.1, 0.15) is 44.9 Å². The van der Waals surface area contributed by atoms with Gasteiger partial charge in [-0.3, -0.25) is 19.9 Å². The van der Waals surface area contributed by atoms with E-state index in [9.17, 15) is 10.1 Å². The highest BCUT2D eigenvalue weighted by Crippen LogP contribution is 2.46. The minimum Gasteiger partial charge on any atom is -0.496 e. The summed E-state index contributed by atoms with van der Waals surface area (Å²) in [6, 6.07) is 3.66. The van der Waals surface area contributed by atoms with Gasteiger partial charge in [-0.2, -0.15) is 5.26 Å². The van der Waals surface area contributed by atoms with Gasteiger partial charge in [-0.05, 0) is 51.0 Å². The number of piperazine rings is 1. The van der Waals surface area contributed by atoms with Crippen LogP contribution < -0.4 is 21.7 Å². The number of hydrogen-bond donors (Lipinski definition) is 4. The molecule has 0 aromatic rings. The number of allylic oxidation sites excluding steroid dienone is 3. The minimum atomic E-state index is -0.536. The van der Waals surface area contributed by atoms with Crippen molar-refractivity contribution in [1.29, 1.82) is 5.26 Å². The molecule has 0 aromatic heterocycles. The molecule has 2 saturated heterocycles. The zero-order chi connectivity index (χ0) is 26.8. The standard InChI is InChI=1S/C28H42N8O3/c29-14-20-13-19(1-6-24(20)39-17-28(7-8-28)26(30)37)25-31-18-32-27(34-25)33-21-2-4-22(5-3-21)35-9-11-36(12-10-35)23-15-38-16-23/h2,6,19-20,22-23,27,32-33H,1,3-5,7-13,15-18H2,(H2,30,37)(H,31,34)/t19-,20+,22+,27-/m1/s1. The topological polar surface area (TPSA) is 140 Å². The van der Waals surface area contributed by atoms with Gasteiger partial charge in [-0.1, -0.05) is 6.08 Å². The maximum atomic E-state index is 11.7. The lowest BCUT2D eigenvalue weighted by Gasteiger charge is -2.45. The molecule has 0 radical (unpaired) electrons. The van der Waals surface area contributed by atoms with Crippen molar-refractivity contribution in [3.63, 3.8) is 0 Å². The molecule has 11 heteroatoms. The molecule has 1 saturated carbocycles. The molecule has 4 atom stereocenters. The van der Waals surface area contributed by atoms with E-state index in [4.69, 9.17) is 20.2 Å². The molecule has 3 aliphatic carbocycles. The van der Waals surface area contributed by atoms with Gasteiger partial charge in [0.05, 0.1) is 37.4 Å². The van der Waals surface area contributed by atoms with Gasteiger partial charge in [0.25, 0.3) is 0 Å². The van der Waals surface area contributed by atoms with Crippen molar-refractivity contribution < 1.29 is 14.3 Å². The van der Waals surface area contributed by atoms with Crippen LogP contribution in [0.3, 0.4) is 0 Å². The van der Waals surface area contributed by atoms with Crippen LogP contribution in [-0.2, 0) is 14.3 Å². The van der Waals surface area contributed by atoms with Crippen molar-refractivity contribution >= 4 is 11.7 Å². The number of hydrogen-bond acceptors (Lipinski definition) is 10. The Kier molecular flexibility index (Phi) is 7.80. The Labute approximate surface area is 230 Å². The van der Waals surface area contributed by atoms with Crippen molar-refractivity contribution in [2.45, 2.75) is 63.3 Å². The molecule has 3 heterocycles. The average Bonchev–Trinajstić information content (AvgIpc) is 3.73. The van der Waals surface area contributed by atoms with Crippen LogP contribution in [0, 0.1) is 28.6 Å². The summed E-state index contributed by atoms with van der Waals surface area (Å²) in [5.41, 5.74) is 6.25. The molecule has 1 amide bonds. The van der Waals surface area contributed by atoms with Crippen LogP contribution >= 0.6 is 0 Å². The Morgan fingerprint density at radius 3 is 2.59 bits per heavy atom. The van der Waals surface area contributed by atoms with Crippen molar-refractivity contribution in [1.82, 2.24) is 25.8 Å². The molecule has 11 nitrogen and oxygen atoms in total. The highest BCUT2D eigenvalue weighted by Gasteiger charge is 2.50. The van der Waals surface area contributed by atoms with Gasteiger partial charge in [-0.15, -0.1) is 0 Å². The van der Waals surface area contributed by atoms with E-state index in [2.05, 4.69) is 37.9 Å². The smallest absolute Gasteiger partial charge is 0.227 e. The van der Waals surface area contributed by atoms with Crippen molar-refractivity contribution in [2.75, 3.05) is 52.7 Å². The summed E-state index contributed by atoms with van der Waals surface area (Å²) >= 11 is 0. The number of nitrogens with one attached hydrogen (secondary N) is 3. The predicted octanol–water partition coefficient (Wildman–Crippen LogP) is 0.577. The number of carbonyl (C=O) groups excluding carboxylic acids is 1. The molecule has 0 bridgehead atoms. The van der Waals surface area contributed by atoms with E-state index in [1.165, 1.54) is 12.1 Å². The Hall–Kier alpha value is -2.65. The van der Waals surface area contributed by atoms with Crippen LogP contribution in [-0.4, -0.2) is 92.6 Å². The van der Waals surface area contributed by atoms with E-state index in [-0.39, 0.29) is 30.6 Å². The Bertz CT molecular complexity index is 1050. The maximum Gasteiger partial charge on any atom is 0.227 e. The first-order valence-corrected chi connectivity index (χ1v) is 14.6. The number of rotatable bonds is 9. The van der Waals surface area contributed by atoms with Crippen molar-refractivity contribution in [3.05, 3.63) is 23.6 Å². The van der Waals surface area contributed by atoms with E-state index in [1.807, 2.05) is 6.08 Å². The molecule has 6 aliphatic rings. The van der Waals surface area contributed by atoms with E-state index in [0.717, 1.165) is 77.3 Å². The fourth-order valence-corrected chi connectivity index (χ4v) is 6.39. The van der Waals surface area contributed by atoms with Crippen molar-refractivity contribution in [2.24, 2.45) is 28.0 Å². The number of aliphatic imine (C=N–C) groups is 1. The lowest BCUT2D eigenvalue weighted by atomic mass is 9.85. The summed E-state index contributed by atoms with van der Waals surface area (Å²) in [5.74, 6) is 1.08. The summed E-state index contributed by atoms with van der Waals surface area (Å²) in [5, 5.41) is 20.2. The monoisotopic (exact) mass is 538 g/mol. The third-order valence-electron chi connectivity index (χ3n) is 9.44. The van der Waals surface area contributed by atoms with E-state index in [1.54, 1.807) is 0 Å². The second kappa shape index (κ2) is 11.5. The second-order valence-corrected chi connectivity index (χ2v) is 11.9. The van der Waals surface area contributed by atoms with Gasteiger partial charge in [0.2, 0.25) is 5.91 Å². The maximum absolute atomic E-state index is 11.7. The number of carbonyl (C=O) groups is 1. The lowest BCUT2D eigenvalue weighted by molar-refractivity contribution is -0.124. The molecule has 6 rings (SSSR count). The first kappa shape index (κ1) is 26.6. The van der Waals surface area contributed by atoms with Gasteiger partial charge in [0.1, 0.15) is 24.1 Å². The first-order valence-electron chi connectivity index (χ1n) is 14.6. The summed E-state index contributed by atoms with van der Waals surface area (Å²) in [6.07, 6.45) is 10.4. The average molecular weight is 539 g/mol. The SMILES string of the molecule is N#C[C@@H]1C[C@H](C2=N[C@@H](NC3=CC[C@H](N4CCN(C5COC5)CC4)CC3)NCN2)CC=C1OCC1(C(N)=O)CC1. The van der Waals surface area contributed by atoms with Crippen LogP contribution in [0.25, 0.3) is 0 Å². The summed E-state index contributed by atoms with van der Waals surface area (Å²) in [4.78, 5) is 21.9. The summed E-state index contributed by atoms with van der Waals surface area (Å²) in [7, 11) is 0. The fourth-order valence-electron chi connectivity index (χ4n) is 6.39. The fraction of sp³-hybridized carbons (Fsp3) is 0.750. The molecule has 0 spiro atoms.